The second-order valence-corrected chi connectivity index (χ2v) is 5.61. The molecule has 2 aromatic rings. The van der Waals surface area contributed by atoms with Crippen molar-refractivity contribution >= 4 is 16.7 Å². The van der Waals surface area contributed by atoms with Crippen molar-refractivity contribution in [2.24, 2.45) is 0 Å². The van der Waals surface area contributed by atoms with Gasteiger partial charge in [-0.05, 0) is 16.3 Å². The Morgan fingerprint density at radius 3 is 2.76 bits per heavy atom. The lowest BCUT2D eigenvalue weighted by Gasteiger charge is -2.26. The maximum Gasteiger partial charge on any atom is 0.227 e. The Morgan fingerprint density at radius 1 is 1.24 bits per heavy atom. The minimum absolute atomic E-state index is 0.0408. The zero-order chi connectivity index (χ0) is 14.8. The quantitative estimate of drug-likeness (QED) is 0.890. The summed E-state index contributed by atoms with van der Waals surface area (Å²) in [6, 6.07) is 14.0. The summed E-state index contributed by atoms with van der Waals surface area (Å²) in [4.78, 5) is 14.1. The molecule has 0 bridgehead atoms. The van der Waals surface area contributed by atoms with Crippen molar-refractivity contribution in [3.8, 4) is 0 Å². The van der Waals surface area contributed by atoms with Crippen LogP contribution < -0.4 is 5.32 Å². The molecule has 110 valence electrons. The van der Waals surface area contributed by atoms with Gasteiger partial charge in [0.1, 0.15) is 0 Å². The number of aliphatic hydroxyl groups excluding tert-OH is 1. The topological polar surface area (TPSA) is 52.6 Å². The summed E-state index contributed by atoms with van der Waals surface area (Å²) >= 11 is 0. The van der Waals surface area contributed by atoms with E-state index in [4.69, 9.17) is 0 Å². The fourth-order valence-corrected chi connectivity index (χ4v) is 2.97. The number of nitrogens with zero attached hydrogens (tertiary/aromatic N) is 1. The second-order valence-electron chi connectivity index (χ2n) is 5.61. The fraction of sp³-hybridized carbons (Fsp3) is 0.353. The number of fused-ring (bicyclic) bond motifs is 1. The van der Waals surface area contributed by atoms with Crippen LogP contribution in [-0.2, 0) is 11.2 Å². The molecule has 1 amide bonds. The molecule has 1 fully saturated rings. The Hall–Kier alpha value is -1.91. The van der Waals surface area contributed by atoms with Crippen LogP contribution in [0.5, 0.6) is 0 Å². The Morgan fingerprint density at radius 2 is 2.00 bits per heavy atom. The fourth-order valence-electron chi connectivity index (χ4n) is 2.97. The molecular formula is C17H20N2O2. The number of likely N-dealkylation sites (N-methyl/N-ethyl adjacent to an activating group) is 1. The Labute approximate surface area is 124 Å². The van der Waals surface area contributed by atoms with Crippen LogP contribution in [0, 0.1) is 0 Å². The molecule has 2 aromatic carbocycles. The summed E-state index contributed by atoms with van der Waals surface area (Å²) in [6.45, 7) is 1.20. The maximum atomic E-state index is 12.5. The van der Waals surface area contributed by atoms with Gasteiger partial charge in [0.05, 0.1) is 18.6 Å². The van der Waals surface area contributed by atoms with E-state index in [0.717, 1.165) is 16.3 Å². The summed E-state index contributed by atoms with van der Waals surface area (Å²) in [5, 5.41) is 15.3. The first kappa shape index (κ1) is 14.0. The highest BCUT2D eigenvalue weighted by molar-refractivity contribution is 5.90. The number of amides is 1. The molecule has 0 unspecified atom stereocenters. The molecule has 3 rings (SSSR count). The van der Waals surface area contributed by atoms with Crippen LogP contribution in [0.4, 0.5) is 0 Å². The predicted octanol–water partition coefficient (Wildman–Crippen LogP) is 1.17. The Balaban J connectivity index is 1.80. The third kappa shape index (κ3) is 2.77. The maximum absolute atomic E-state index is 12.5. The van der Waals surface area contributed by atoms with Gasteiger partial charge in [0.25, 0.3) is 0 Å². The van der Waals surface area contributed by atoms with Gasteiger partial charge in [-0.15, -0.1) is 0 Å². The zero-order valence-electron chi connectivity index (χ0n) is 12.1. The first-order valence-electron chi connectivity index (χ1n) is 7.28. The third-order valence-corrected chi connectivity index (χ3v) is 4.26. The Kier molecular flexibility index (Phi) is 3.90. The highest BCUT2D eigenvalue weighted by Crippen LogP contribution is 2.20. The van der Waals surface area contributed by atoms with Crippen LogP contribution in [-0.4, -0.2) is 48.2 Å². The van der Waals surface area contributed by atoms with E-state index < -0.39 is 6.10 Å². The van der Waals surface area contributed by atoms with Crippen molar-refractivity contribution in [1.82, 2.24) is 10.2 Å². The molecule has 1 aliphatic rings. The average Bonchev–Trinajstić information content (AvgIpc) is 2.93. The summed E-state index contributed by atoms with van der Waals surface area (Å²) < 4.78 is 0. The van der Waals surface area contributed by atoms with Gasteiger partial charge in [0.2, 0.25) is 5.91 Å². The van der Waals surface area contributed by atoms with Gasteiger partial charge >= 0.3 is 0 Å². The van der Waals surface area contributed by atoms with Gasteiger partial charge in [-0.3, -0.25) is 4.79 Å². The number of nitrogens with one attached hydrogen (secondary N) is 1. The van der Waals surface area contributed by atoms with Crippen molar-refractivity contribution in [2.75, 3.05) is 20.1 Å². The highest BCUT2D eigenvalue weighted by Gasteiger charge is 2.31. The summed E-state index contributed by atoms with van der Waals surface area (Å²) in [6.07, 6.45) is -0.118. The lowest BCUT2D eigenvalue weighted by molar-refractivity contribution is -0.132. The molecule has 0 saturated carbocycles. The van der Waals surface area contributed by atoms with Gasteiger partial charge in [0.15, 0.2) is 0 Å². The second kappa shape index (κ2) is 5.84. The first-order chi connectivity index (χ1) is 10.2. The number of hydrogen-bond acceptors (Lipinski definition) is 3. The van der Waals surface area contributed by atoms with Gasteiger partial charge in [0, 0.05) is 20.1 Å². The number of rotatable bonds is 3. The standard InChI is InChI=1S/C17H20N2O2/c1-19(15-10-18-11-16(15)20)17(21)9-13-7-4-6-12-5-2-3-8-14(12)13/h2-8,15-16,18,20H,9-11H2,1H3/t15-,16-/m0/s1. The average molecular weight is 284 g/mol. The van der Waals surface area contributed by atoms with Crippen LogP contribution in [0.2, 0.25) is 0 Å². The molecule has 1 saturated heterocycles. The summed E-state index contributed by atoms with van der Waals surface area (Å²) in [7, 11) is 1.77. The molecule has 1 aliphatic heterocycles. The van der Waals surface area contributed by atoms with Crippen molar-refractivity contribution in [3.05, 3.63) is 48.0 Å². The Bertz CT molecular complexity index is 651. The number of aliphatic hydroxyl groups is 1. The molecule has 4 nitrogen and oxygen atoms in total. The van der Waals surface area contributed by atoms with Crippen molar-refractivity contribution in [2.45, 2.75) is 18.6 Å². The number of β-amino-alcohol motifs (C(OH)–C–C–N with tert-alkyl or cyclic N) is 1. The smallest absolute Gasteiger partial charge is 0.227 e. The molecule has 0 spiro atoms. The van der Waals surface area contributed by atoms with E-state index in [1.54, 1.807) is 11.9 Å². The van der Waals surface area contributed by atoms with Crippen molar-refractivity contribution < 1.29 is 9.90 Å². The third-order valence-electron chi connectivity index (χ3n) is 4.26. The predicted molar refractivity (Wildman–Crippen MR) is 83.1 cm³/mol. The van der Waals surface area contributed by atoms with Gasteiger partial charge < -0.3 is 15.3 Å². The molecule has 1 heterocycles. The van der Waals surface area contributed by atoms with Gasteiger partial charge in [-0.1, -0.05) is 42.5 Å². The van der Waals surface area contributed by atoms with E-state index in [1.165, 1.54) is 0 Å². The summed E-state index contributed by atoms with van der Waals surface area (Å²) in [5.74, 6) is 0.0408. The lowest BCUT2D eigenvalue weighted by Crippen LogP contribution is -2.44. The van der Waals surface area contributed by atoms with E-state index in [1.807, 2.05) is 30.3 Å². The summed E-state index contributed by atoms with van der Waals surface area (Å²) in [5.41, 5.74) is 1.03. The number of carbonyl (C=O) groups is 1. The van der Waals surface area contributed by atoms with E-state index in [2.05, 4.69) is 17.4 Å². The molecular weight excluding hydrogens is 264 g/mol. The van der Waals surface area contributed by atoms with Crippen molar-refractivity contribution in [3.63, 3.8) is 0 Å². The molecule has 2 N–H and O–H groups in total. The van der Waals surface area contributed by atoms with Crippen LogP contribution in [0.15, 0.2) is 42.5 Å². The normalized spacial score (nSPS) is 21.6. The lowest BCUT2D eigenvalue weighted by atomic mass is 10.0. The monoisotopic (exact) mass is 284 g/mol. The van der Waals surface area contributed by atoms with E-state index >= 15 is 0 Å². The van der Waals surface area contributed by atoms with Gasteiger partial charge in [-0.25, -0.2) is 0 Å². The van der Waals surface area contributed by atoms with Crippen LogP contribution in [0.3, 0.4) is 0 Å². The van der Waals surface area contributed by atoms with Crippen LogP contribution in [0.1, 0.15) is 5.56 Å². The molecule has 4 heteroatoms. The SMILES string of the molecule is CN(C(=O)Cc1cccc2ccccc12)[C@H]1CNC[C@@H]1O. The zero-order valence-corrected chi connectivity index (χ0v) is 12.1. The molecule has 0 aliphatic carbocycles. The molecule has 2 atom stereocenters. The number of hydrogen-bond donors (Lipinski definition) is 2. The first-order valence-corrected chi connectivity index (χ1v) is 7.28. The molecule has 21 heavy (non-hydrogen) atoms. The van der Waals surface area contributed by atoms with E-state index in [9.17, 15) is 9.90 Å². The van der Waals surface area contributed by atoms with Crippen LogP contribution in [0.25, 0.3) is 10.8 Å². The molecule has 0 aromatic heterocycles. The number of carbonyl (C=O) groups excluding carboxylic acids is 1. The minimum Gasteiger partial charge on any atom is -0.390 e. The molecule has 0 radical (unpaired) electrons. The highest BCUT2D eigenvalue weighted by atomic mass is 16.3. The van der Waals surface area contributed by atoms with Crippen LogP contribution >= 0.6 is 0 Å². The van der Waals surface area contributed by atoms with Crippen molar-refractivity contribution in [1.29, 1.82) is 0 Å². The minimum atomic E-state index is -0.480. The van der Waals surface area contributed by atoms with Gasteiger partial charge in [-0.2, -0.15) is 0 Å². The van der Waals surface area contributed by atoms with E-state index in [-0.39, 0.29) is 11.9 Å². The largest absolute Gasteiger partial charge is 0.390 e. The number of benzene rings is 2. The van der Waals surface area contributed by atoms with E-state index in [0.29, 0.717) is 19.5 Å².